The first-order valence-corrected chi connectivity index (χ1v) is 9.80. The van der Waals surface area contributed by atoms with E-state index in [9.17, 15) is 0 Å². The van der Waals surface area contributed by atoms with E-state index >= 15 is 0 Å². The number of hydrogen-bond acceptors (Lipinski definition) is 3. The van der Waals surface area contributed by atoms with Gasteiger partial charge in [0.25, 0.3) is 0 Å². The molecule has 1 saturated heterocycles. The van der Waals surface area contributed by atoms with Gasteiger partial charge in [0, 0.05) is 12.6 Å². The summed E-state index contributed by atoms with van der Waals surface area (Å²) in [7, 11) is 0. The molecular weight excluding hydrogens is 320 g/mol. The minimum absolute atomic E-state index is 0.564. The summed E-state index contributed by atoms with van der Waals surface area (Å²) in [5, 5.41) is 3.70. The molecule has 1 aromatic heterocycles. The van der Waals surface area contributed by atoms with Crippen molar-refractivity contribution >= 4 is 11.0 Å². The van der Waals surface area contributed by atoms with Crippen LogP contribution >= 0.6 is 0 Å². The van der Waals surface area contributed by atoms with Crippen molar-refractivity contribution < 1.29 is 0 Å². The molecule has 1 unspecified atom stereocenters. The highest BCUT2D eigenvalue weighted by molar-refractivity contribution is 5.74. The highest BCUT2D eigenvalue weighted by Crippen LogP contribution is 2.14. The first-order chi connectivity index (χ1) is 12.9. The Morgan fingerprint density at radius 1 is 1.08 bits per heavy atom. The number of aromatic amines is 1. The van der Waals surface area contributed by atoms with E-state index in [-0.39, 0.29) is 0 Å². The zero-order chi connectivity index (χ0) is 17.6. The number of fused-ring (bicyclic) bond motifs is 1. The summed E-state index contributed by atoms with van der Waals surface area (Å²) in [5.41, 5.74) is 3.62. The summed E-state index contributed by atoms with van der Waals surface area (Å²) in [5.74, 6) is 1.03. The second-order valence-electron chi connectivity index (χ2n) is 7.31. The molecule has 2 heterocycles. The van der Waals surface area contributed by atoms with Crippen LogP contribution in [0.4, 0.5) is 0 Å². The van der Waals surface area contributed by atoms with E-state index in [1.165, 1.54) is 44.3 Å². The smallest absolute Gasteiger partial charge is 0.121 e. The van der Waals surface area contributed by atoms with Crippen LogP contribution in [0.15, 0.2) is 54.6 Å². The van der Waals surface area contributed by atoms with Gasteiger partial charge in [-0.1, -0.05) is 42.5 Å². The molecule has 1 fully saturated rings. The SMILES string of the molecule is c1ccc(CCCN2CCCC(NCc3nc4ccccc4[nH]3)C2)cc1. The maximum atomic E-state index is 4.67. The van der Waals surface area contributed by atoms with Crippen molar-refractivity contribution in [3.8, 4) is 0 Å². The van der Waals surface area contributed by atoms with E-state index in [2.05, 4.69) is 62.6 Å². The van der Waals surface area contributed by atoms with Crippen LogP contribution in [0.3, 0.4) is 0 Å². The van der Waals surface area contributed by atoms with Crippen molar-refractivity contribution in [2.45, 2.75) is 38.3 Å². The lowest BCUT2D eigenvalue weighted by molar-refractivity contribution is 0.188. The molecule has 1 aliphatic rings. The molecule has 0 aliphatic carbocycles. The van der Waals surface area contributed by atoms with Crippen molar-refractivity contribution in [3.05, 3.63) is 66.0 Å². The number of nitrogens with zero attached hydrogens (tertiary/aromatic N) is 2. The lowest BCUT2D eigenvalue weighted by atomic mass is 10.0. The fourth-order valence-corrected chi connectivity index (χ4v) is 3.91. The standard InChI is InChI=1S/C22H28N4/c1-2-8-18(9-3-1)10-6-14-26-15-7-11-19(17-26)23-16-22-24-20-12-4-5-13-21(20)25-22/h1-5,8-9,12-13,19,23H,6-7,10-11,14-17H2,(H,24,25). The largest absolute Gasteiger partial charge is 0.341 e. The summed E-state index contributed by atoms with van der Waals surface area (Å²) < 4.78 is 0. The molecule has 1 atom stereocenters. The molecule has 4 nitrogen and oxygen atoms in total. The maximum Gasteiger partial charge on any atom is 0.121 e. The van der Waals surface area contributed by atoms with Gasteiger partial charge in [-0.3, -0.25) is 0 Å². The zero-order valence-electron chi connectivity index (χ0n) is 15.3. The number of nitrogens with one attached hydrogen (secondary N) is 2. The third-order valence-corrected chi connectivity index (χ3v) is 5.28. The fraction of sp³-hybridized carbons (Fsp3) is 0.409. The second-order valence-corrected chi connectivity index (χ2v) is 7.31. The number of hydrogen-bond donors (Lipinski definition) is 2. The summed E-state index contributed by atoms with van der Waals surface area (Å²) in [6, 6.07) is 19.6. The first-order valence-electron chi connectivity index (χ1n) is 9.80. The Bertz CT molecular complexity index is 778. The average Bonchev–Trinajstić information content (AvgIpc) is 3.11. The third kappa shape index (κ3) is 4.51. The Morgan fingerprint density at radius 2 is 1.92 bits per heavy atom. The van der Waals surface area contributed by atoms with Gasteiger partial charge >= 0.3 is 0 Å². The lowest BCUT2D eigenvalue weighted by Crippen LogP contribution is -2.45. The van der Waals surface area contributed by atoms with Crippen LogP contribution in [0.2, 0.25) is 0 Å². The second kappa shape index (κ2) is 8.47. The highest BCUT2D eigenvalue weighted by atomic mass is 15.2. The minimum Gasteiger partial charge on any atom is -0.341 e. The molecule has 2 N–H and O–H groups in total. The highest BCUT2D eigenvalue weighted by Gasteiger charge is 2.19. The molecule has 1 aliphatic heterocycles. The zero-order valence-corrected chi connectivity index (χ0v) is 15.3. The Hall–Kier alpha value is -2.17. The number of likely N-dealkylation sites (tertiary alicyclic amines) is 1. The molecular formula is C22H28N4. The summed E-state index contributed by atoms with van der Waals surface area (Å²) >= 11 is 0. The van der Waals surface area contributed by atoms with Crippen LogP contribution in [-0.2, 0) is 13.0 Å². The Kier molecular flexibility index (Phi) is 5.62. The molecule has 3 aromatic rings. The van der Waals surface area contributed by atoms with Crippen molar-refractivity contribution in [1.29, 1.82) is 0 Å². The number of aromatic nitrogens is 2. The van der Waals surface area contributed by atoms with Gasteiger partial charge in [-0.05, 0) is 56.5 Å². The molecule has 0 amide bonds. The molecule has 2 aromatic carbocycles. The number of aryl methyl sites for hydroxylation is 1. The molecule has 26 heavy (non-hydrogen) atoms. The quantitative estimate of drug-likeness (QED) is 0.683. The van der Waals surface area contributed by atoms with Crippen LogP contribution in [0, 0.1) is 0 Å². The predicted molar refractivity (Wildman–Crippen MR) is 107 cm³/mol. The molecule has 4 heteroatoms. The number of rotatable bonds is 7. The van der Waals surface area contributed by atoms with Gasteiger partial charge in [-0.25, -0.2) is 4.98 Å². The van der Waals surface area contributed by atoms with Gasteiger partial charge in [0.1, 0.15) is 5.82 Å². The minimum atomic E-state index is 0.564. The molecule has 0 saturated carbocycles. The van der Waals surface area contributed by atoms with Crippen molar-refractivity contribution in [3.63, 3.8) is 0 Å². The van der Waals surface area contributed by atoms with Gasteiger partial charge in [0.05, 0.1) is 17.6 Å². The molecule has 0 spiro atoms. The van der Waals surface area contributed by atoms with Gasteiger partial charge in [-0.15, -0.1) is 0 Å². The average molecular weight is 348 g/mol. The number of H-pyrrole nitrogens is 1. The topological polar surface area (TPSA) is 44.0 Å². The molecule has 0 bridgehead atoms. The first kappa shape index (κ1) is 17.3. The number of imidazole rings is 1. The number of benzene rings is 2. The Balaban J connectivity index is 1.23. The fourth-order valence-electron chi connectivity index (χ4n) is 3.91. The molecule has 136 valence electrons. The normalized spacial score (nSPS) is 18.4. The van der Waals surface area contributed by atoms with Crippen LogP contribution < -0.4 is 5.32 Å². The predicted octanol–water partition coefficient (Wildman–Crippen LogP) is 3.75. The van der Waals surface area contributed by atoms with Crippen LogP contribution in [-0.4, -0.2) is 40.5 Å². The van der Waals surface area contributed by atoms with E-state index in [1.54, 1.807) is 0 Å². The van der Waals surface area contributed by atoms with E-state index in [0.717, 1.165) is 29.9 Å². The van der Waals surface area contributed by atoms with E-state index in [4.69, 9.17) is 0 Å². The third-order valence-electron chi connectivity index (χ3n) is 5.28. The van der Waals surface area contributed by atoms with Gasteiger partial charge in [0.2, 0.25) is 0 Å². The van der Waals surface area contributed by atoms with Gasteiger partial charge in [0.15, 0.2) is 0 Å². The van der Waals surface area contributed by atoms with Crippen LogP contribution in [0.1, 0.15) is 30.7 Å². The van der Waals surface area contributed by atoms with E-state index < -0.39 is 0 Å². The van der Waals surface area contributed by atoms with Gasteiger partial charge in [-0.2, -0.15) is 0 Å². The van der Waals surface area contributed by atoms with E-state index in [1.807, 2.05) is 12.1 Å². The number of para-hydroxylation sites is 2. The Morgan fingerprint density at radius 3 is 2.81 bits per heavy atom. The Labute approximate surface area is 155 Å². The summed E-state index contributed by atoms with van der Waals surface area (Å²) in [6.45, 7) is 4.39. The van der Waals surface area contributed by atoms with Crippen molar-refractivity contribution in [2.75, 3.05) is 19.6 Å². The monoisotopic (exact) mass is 348 g/mol. The molecule has 0 radical (unpaired) electrons. The van der Waals surface area contributed by atoms with Crippen LogP contribution in [0.5, 0.6) is 0 Å². The van der Waals surface area contributed by atoms with E-state index in [0.29, 0.717) is 6.04 Å². The van der Waals surface area contributed by atoms with Crippen molar-refractivity contribution in [2.24, 2.45) is 0 Å². The maximum absolute atomic E-state index is 4.67. The van der Waals surface area contributed by atoms with Gasteiger partial charge < -0.3 is 15.2 Å². The molecule has 4 rings (SSSR count). The summed E-state index contributed by atoms with van der Waals surface area (Å²) in [4.78, 5) is 10.7. The van der Waals surface area contributed by atoms with Crippen LogP contribution in [0.25, 0.3) is 11.0 Å². The lowest BCUT2D eigenvalue weighted by Gasteiger charge is -2.33. The summed E-state index contributed by atoms with van der Waals surface area (Å²) in [6.07, 6.45) is 4.95. The van der Waals surface area contributed by atoms with Crippen molar-refractivity contribution in [1.82, 2.24) is 20.2 Å². The number of piperidine rings is 1.